The van der Waals surface area contributed by atoms with Crippen LogP contribution < -0.4 is 15.4 Å². The van der Waals surface area contributed by atoms with Crippen LogP contribution in [0.1, 0.15) is 38.3 Å². The number of carbonyl (C=O) groups excluding carboxylic acids is 1. The van der Waals surface area contributed by atoms with Gasteiger partial charge in [0, 0.05) is 24.8 Å². The molecule has 2 N–H and O–H groups in total. The minimum Gasteiger partial charge on any atom is -0.456 e. The summed E-state index contributed by atoms with van der Waals surface area (Å²) in [7, 11) is 0. The van der Waals surface area contributed by atoms with Gasteiger partial charge in [0.2, 0.25) is 5.91 Å². The van der Waals surface area contributed by atoms with E-state index in [1.165, 1.54) is 31.7 Å². The van der Waals surface area contributed by atoms with Crippen molar-refractivity contribution in [1.29, 1.82) is 0 Å². The molecule has 0 bridgehead atoms. The van der Waals surface area contributed by atoms with Gasteiger partial charge in [0.25, 0.3) is 0 Å². The van der Waals surface area contributed by atoms with Crippen molar-refractivity contribution in [2.45, 2.75) is 38.8 Å². The number of hydrogen-bond donors (Lipinski definition) is 1. The maximum Gasteiger partial charge on any atom is 0.433 e. The largest absolute Gasteiger partial charge is 0.456 e. The average molecular weight is 451 g/mol. The number of amides is 1. The Kier molecular flexibility index (Phi) is 7.60. The molecule has 0 unspecified atom stereocenters. The molecule has 1 aromatic heterocycles. The first-order valence-electron chi connectivity index (χ1n) is 10.6. The summed E-state index contributed by atoms with van der Waals surface area (Å²) in [5.41, 5.74) is 5.37. The Morgan fingerprint density at radius 3 is 2.44 bits per heavy atom. The molecule has 174 valence electrons. The molecular weight excluding hydrogens is 423 g/mol. The third kappa shape index (κ3) is 7.40. The first-order chi connectivity index (χ1) is 15.1. The van der Waals surface area contributed by atoms with Gasteiger partial charge in [-0.15, -0.1) is 0 Å². The predicted molar refractivity (Wildman–Crippen MR) is 115 cm³/mol. The lowest BCUT2D eigenvalue weighted by Gasteiger charge is -2.18. The fraction of sp³-hybridized carbons (Fsp3) is 0.478. The Morgan fingerprint density at radius 1 is 1.16 bits per heavy atom. The summed E-state index contributed by atoms with van der Waals surface area (Å²) in [6, 6.07) is 9.74. The molecule has 0 radical (unpaired) electrons. The summed E-state index contributed by atoms with van der Waals surface area (Å²) < 4.78 is 48.0. The Bertz CT molecular complexity index is 893. The first kappa shape index (κ1) is 23.8. The third-order valence-electron chi connectivity index (χ3n) is 5.35. The molecule has 1 amide bonds. The smallest absolute Gasteiger partial charge is 0.433 e. The fourth-order valence-electron chi connectivity index (χ4n) is 3.22. The van der Waals surface area contributed by atoms with Crippen molar-refractivity contribution in [2.75, 3.05) is 31.2 Å². The van der Waals surface area contributed by atoms with E-state index in [4.69, 9.17) is 15.2 Å². The number of aromatic nitrogens is 1. The van der Waals surface area contributed by atoms with Gasteiger partial charge in [0.1, 0.15) is 23.8 Å². The van der Waals surface area contributed by atoms with Gasteiger partial charge >= 0.3 is 6.18 Å². The quantitative estimate of drug-likeness (QED) is 0.656. The number of nitrogens with zero attached hydrogens (tertiary/aromatic N) is 2. The highest BCUT2D eigenvalue weighted by Gasteiger charge is 2.37. The van der Waals surface area contributed by atoms with Crippen molar-refractivity contribution in [3.05, 3.63) is 48.3 Å². The van der Waals surface area contributed by atoms with Crippen molar-refractivity contribution in [3.63, 3.8) is 0 Å². The highest BCUT2D eigenvalue weighted by Crippen LogP contribution is 2.44. The van der Waals surface area contributed by atoms with E-state index in [0.717, 1.165) is 31.0 Å². The van der Waals surface area contributed by atoms with Crippen LogP contribution in [0.5, 0.6) is 11.5 Å². The van der Waals surface area contributed by atoms with E-state index in [1.54, 1.807) is 6.07 Å². The predicted octanol–water partition coefficient (Wildman–Crippen LogP) is 4.78. The molecule has 1 aliphatic carbocycles. The topological polar surface area (TPSA) is 77.7 Å². The molecule has 0 spiro atoms. The van der Waals surface area contributed by atoms with Crippen LogP contribution in [0, 0.1) is 5.41 Å². The van der Waals surface area contributed by atoms with E-state index < -0.39 is 11.9 Å². The van der Waals surface area contributed by atoms with E-state index in [-0.39, 0.29) is 18.3 Å². The van der Waals surface area contributed by atoms with Crippen molar-refractivity contribution >= 4 is 11.6 Å². The minimum absolute atomic E-state index is 0.0651. The van der Waals surface area contributed by atoms with Crippen molar-refractivity contribution in [3.8, 4) is 11.5 Å². The number of rotatable bonds is 7. The normalized spacial score (nSPS) is 16.8. The first-order valence-corrected chi connectivity index (χ1v) is 10.6. The standard InChI is InChI=1S/C16H15F3N2O.C7H13NO2/c17-16(18,19)15-7-6-14(11-20-15)22-13-5-3-4-12(10-13)21-8-1-2-9-21;1-7(2-3-7)5-10-4-6(8)9/h3-7,10-11H,1-2,8-9H2;2-5H2,1H3,(H2,8,9). The Balaban J connectivity index is 0.000000243. The van der Waals surface area contributed by atoms with Crippen molar-refractivity contribution in [2.24, 2.45) is 11.1 Å². The number of carbonyl (C=O) groups is 1. The SMILES string of the molecule is CC1(COCC(N)=O)CC1.FC(F)(F)c1ccc(Oc2cccc(N3CCCC3)c2)cn1. The van der Waals surface area contributed by atoms with Gasteiger partial charge in [-0.3, -0.25) is 4.79 Å². The highest BCUT2D eigenvalue weighted by molar-refractivity contribution is 5.74. The second kappa shape index (κ2) is 10.2. The summed E-state index contributed by atoms with van der Waals surface area (Å²) in [5.74, 6) is 0.488. The third-order valence-corrected chi connectivity index (χ3v) is 5.35. The molecule has 2 heterocycles. The van der Waals surface area contributed by atoms with Gasteiger partial charge in [0.05, 0.1) is 12.8 Å². The number of ether oxygens (including phenoxy) is 2. The molecule has 4 rings (SSSR count). The van der Waals surface area contributed by atoms with Crippen molar-refractivity contribution < 1.29 is 27.4 Å². The molecule has 32 heavy (non-hydrogen) atoms. The Hall–Kier alpha value is -2.81. The summed E-state index contributed by atoms with van der Waals surface area (Å²) >= 11 is 0. The summed E-state index contributed by atoms with van der Waals surface area (Å²) in [6.45, 7) is 4.93. The molecule has 2 aromatic rings. The molecule has 2 fully saturated rings. The lowest BCUT2D eigenvalue weighted by molar-refractivity contribution is -0.141. The number of alkyl halides is 3. The van der Waals surface area contributed by atoms with Crippen molar-refractivity contribution in [1.82, 2.24) is 4.98 Å². The fourth-order valence-corrected chi connectivity index (χ4v) is 3.22. The molecule has 6 nitrogen and oxygen atoms in total. The minimum atomic E-state index is -4.44. The monoisotopic (exact) mass is 451 g/mol. The second-order valence-corrected chi connectivity index (χ2v) is 8.44. The van der Waals surface area contributed by atoms with Crippen LogP contribution >= 0.6 is 0 Å². The highest BCUT2D eigenvalue weighted by atomic mass is 19.4. The molecule has 9 heteroatoms. The van der Waals surface area contributed by atoms with E-state index >= 15 is 0 Å². The van der Waals surface area contributed by atoms with Gasteiger partial charge in [-0.05, 0) is 55.4 Å². The summed E-state index contributed by atoms with van der Waals surface area (Å²) in [4.78, 5) is 15.9. The van der Waals surface area contributed by atoms with E-state index in [9.17, 15) is 18.0 Å². The average Bonchev–Trinajstić information content (AvgIpc) is 3.23. The van der Waals surface area contributed by atoms with Crippen LogP contribution in [-0.2, 0) is 15.7 Å². The maximum absolute atomic E-state index is 12.5. The second-order valence-electron chi connectivity index (χ2n) is 8.44. The number of hydrogen-bond acceptors (Lipinski definition) is 5. The number of nitrogens with two attached hydrogens (primary N) is 1. The summed E-state index contributed by atoms with van der Waals surface area (Å²) in [5, 5.41) is 0. The lowest BCUT2D eigenvalue weighted by atomic mass is 10.2. The van der Waals surface area contributed by atoms with Crippen LogP contribution in [0.4, 0.5) is 18.9 Å². The number of pyridine rings is 1. The number of benzene rings is 1. The lowest BCUT2D eigenvalue weighted by Crippen LogP contribution is -2.20. The van der Waals surface area contributed by atoms with E-state index in [0.29, 0.717) is 17.8 Å². The zero-order valence-corrected chi connectivity index (χ0v) is 18.0. The molecule has 1 saturated heterocycles. The van der Waals surface area contributed by atoms with Gasteiger partial charge in [0.15, 0.2) is 0 Å². The number of anilines is 1. The molecule has 2 aliphatic rings. The van der Waals surface area contributed by atoms with Gasteiger partial charge < -0.3 is 20.1 Å². The van der Waals surface area contributed by atoms with Crippen LogP contribution in [0.2, 0.25) is 0 Å². The molecule has 1 aromatic carbocycles. The molecule has 1 saturated carbocycles. The van der Waals surface area contributed by atoms with Gasteiger partial charge in [-0.1, -0.05) is 13.0 Å². The zero-order valence-electron chi connectivity index (χ0n) is 18.0. The molecule has 1 aliphatic heterocycles. The van der Waals surface area contributed by atoms with Gasteiger partial charge in [-0.25, -0.2) is 4.98 Å². The summed E-state index contributed by atoms with van der Waals surface area (Å²) in [6.07, 6.45) is 1.43. The number of halogens is 3. The Morgan fingerprint density at radius 2 is 1.88 bits per heavy atom. The number of primary amides is 1. The molecular formula is C23H28F3N3O3. The van der Waals surface area contributed by atoms with E-state index in [2.05, 4.69) is 16.8 Å². The Labute approximate surface area is 185 Å². The van der Waals surface area contributed by atoms with Crippen LogP contribution in [0.3, 0.4) is 0 Å². The van der Waals surface area contributed by atoms with Crippen LogP contribution in [-0.4, -0.2) is 37.2 Å². The van der Waals surface area contributed by atoms with E-state index in [1.807, 2.05) is 18.2 Å². The van der Waals surface area contributed by atoms with Crippen LogP contribution in [0.15, 0.2) is 42.6 Å². The zero-order chi connectivity index (χ0) is 23.2. The van der Waals surface area contributed by atoms with Crippen LogP contribution in [0.25, 0.3) is 0 Å². The maximum atomic E-state index is 12.5. The molecule has 0 atom stereocenters. The van der Waals surface area contributed by atoms with Gasteiger partial charge in [-0.2, -0.15) is 13.2 Å².